The van der Waals surface area contributed by atoms with Gasteiger partial charge in [-0.3, -0.25) is 4.79 Å². The lowest BCUT2D eigenvalue weighted by Crippen LogP contribution is -2.24. The summed E-state index contributed by atoms with van der Waals surface area (Å²) in [6.45, 7) is 6.21. The van der Waals surface area contributed by atoms with Crippen molar-refractivity contribution in [1.29, 1.82) is 0 Å². The molecule has 150 valence electrons. The predicted octanol–water partition coefficient (Wildman–Crippen LogP) is 6.33. The first kappa shape index (κ1) is 20.6. The van der Waals surface area contributed by atoms with E-state index in [1.54, 1.807) is 0 Å². The van der Waals surface area contributed by atoms with Gasteiger partial charge in [0.2, 0.25) is 0 Å². The van der Waals surface area contributed by atoms with E-state index < -0.39 is 5.97 Å². The van der Waals surface area contributed by atoms with Crippen LogP contribution >= 0.6 is 11.3 Å². The van der Waals surface area contributed by atoms with Gasteiger partial charge >= 0.3 is 5.97 Å². The number of aromatic carboxylic acids is 1. The summed E-state index contributed by atoms with van der Waals surface area (Å²) in [6.07, 6.45) is 4.97. The number of thiophene rings is 1. The molecule has 1 aliphatic rings. The zero-order chi connectivity index (χ0) is 20.3. The topological polar surface area (TPSA) is 66.4 Å². The van der Waals surface area contributed by atoms with Crippen molar-refractivity contribution in [3.63, 3.8) is 0 Å². The van der Waals surface area contributed by atoms with E-state index in [4.69, 9.17) is 0 Å². The van der Waals surface area contributed by atoms with Crippen LogP contribution in [0.25, 0.3) is 10.4 Å². The fourth-order valence-electron chi connectivity index (χ4n) is 4.07. The third-order valence-corrected chi connectivity index (χ3v) is 6.84. The zero-order valence-electron chi connectivity index (χ0n) is 16.8. The number of hydrogen-bond acceptors (Lipinski definition) is 4. The summed E-state index contributed by atoms with van der Waals surface area (Å²) in [5, 5.41) is 13.2. The molecule has 4 nitrogen and oxygen atoms in total. The first-order valence-electron chi connectivity index (χ1n) is 10.2. The number of benzene rings is 1. The molecule has 0 bridgehead atoms. The van der Waals surface area contributed by atoms with Crippen molar-refractivity contribution in [2.24, 2.45) is 11.8 Å². The van der Waals surface area contributed by atoms with Gasteiger partial charge in [-0.15, -0.1) is 11.3 Å². The Balaban J connectivity index is 2.06. The van der Waals surface area contributed by atoms with Crippen LogP contribution in [0.4, 0.5) is 5.69 Å². The Morgan fingerprint density at radius 3 is 2.32 bits per heavy atom. The molecule has 1 fully saturated rings. The van der Waals surface area contributed by atoms with Crippen LogP contribution in [-0.2, 0) is 0 Å². The summed E-state index contributed by atoms with van der Waals surface area (Å²) in [5.41, 5.74) is 2.00. The highest BCUT2D eigenvalue weighted by Crippen LogP contribution is 2.44. The number of anilines is 1. The van der Waals surface area contributed by atoms with Gasteiger partial charge < -0.3 is 10.4 Å². The molecule has 0 aliphatic heterocycles. The summed E-state index contributed by atoms with van der Waals surface area (Å²) in [7, 11) is 0. The number of rotatable bonds is 7. The zero-order valence-corrected chi connectivity index (χ0v) is 17.6. The molecule has 2 aromatic rings. The molecule has 1 aromatic carbocycles. The minimum Gasteiger partial charge on any atom is -0.477 e. The minimum atomic E-state index is -1.02. The Hall–Kier alpha value is -2.14. The molecule has 2 N–H and O–H groups in total. The number of carbonyl (C=O) groups is 2. The standard InChI is InChI=1S/C23H29NO3S/c1-4-15-10-12-16(13-11-15)20(25)18-19(24-14(2)3)21(28-22(18)23(26)27)17-8-6-5-7-9-17/h5-9,14-16,24H,4,10-13H2,1-3H3,(H,26,27). The largest absolute Gasteiger partial charge is 0.477 e. The number of carboxylic acid groups (broad SMARTS) is 1. The number of hydrogen-bond donors (Lipinski definition) is 2. The highest BCUT2D eigenvalue weighted by atomic mass is 32.1. The van der Waals surface area contributed by atoms with Crippen molar-refractivity contribution in [2.75, 3.05) is 5.32 Å². The molecule has 28 heavy (non-hydrogen) atoms. The molecule has 0 atom stereocenters. The van der Waals surface area contributed by atoms with Crippen molar-refractivity contribution < 1.29 is 14.7 Å². The average Bonchev–Trinajstić information content (AvgIpc) is 3.07. The molecule has 3 rings (SSSR count). The van der Waals surface area contributed by atoms with Crippen LogP contribution in [0.15, 0.2) is 30.3 Å². The second-order valence-corrected chi connectivity index (χ2v) is 8.99. The third-order valence-electron chi connectivity index (χ3n) is 5.61. The van der Waals surface area contributed by atoms with Crippen molar-refractivity contribution in [3.05, 3.63) is 40.8 Å². The van der Waals surface area contributed by atoms with Gasteiger partial charge in [0.05, 0.1) is 16.1 Å². The van der Waals surface area contributed by atoms with Crippen molar-refractivity contribution in [1.82, 2.24) is 0 Å². The number of ketones is 1. The van der Waals surface area contributed by atoms with Gasteiger partial charge in [0.1, 0.15) is 4.88 Å². The molecular formula is C23H29NO3S. The van der Waals surface area contributed by atoms with Gasteiger partial charge in [-0.05, 0) is 51.0 Å². The summed E-state index contributed by atoms with van der Waals surface area (Å²) in [5.74, 6) is -0.413. The number of carbonyl (C=O) groups excluding carboxylic acids is 1. The van der Waals surface area contributed by atoms with E-state index in [0.29, 0.717) is 17.2 Å². The molecule has 5 heteroatoms. The normalized spacial score (nSPS) is 19.6. The lowest BCUT2D eigenvalue weighted by molar-refractivity contribution is 0.0694. The Labute approximate surface area is 171 Å². The molecule has 1 heterocycles. The lowest BCUT2D eigenvalue weighted by atomic mass is 9.77. The van der Waals surface area contributed by atoms with Gasteiger partial charge in [-0.1, -0.05) is 43.7 Å². The van der Waals surface area contributed by atoms with Crippen LogP contribution in [0.1, 0.15) is 72.9 Å². The Bertz CT molecular complexity index is 833. The quantitative estimate of drug-likeness (QED) is 0.534. The molecular weight excluding hydrogens is 370 g/mol. The van der Waals surface area contributed by atoms with Crippen molar-refractivity contribution in [3.8, 4) is 10.4 Å². The molecule has 0 unspecified atom stereocenters. The fraction of sp³-hybridized carbons (Fsp3) is 0.478. The molecule has 1 aliphatic carbocycles. The number of nitrogens with one attached hydrogen (secondary N) is 1. The maximum Gasteiger partial charge on any atom is 0.346 e. The monoisotopic (exact) mass is 399 g/mol. The summed E-state index contributed by atoms with van der Waals surface area (Å²) in [6, 6.07) is 9.82. The first-order valence-corrected chi connectivity index (χ1v) is 11.0. The first-order chi connectivity index (χ1) is 13.4. The van der Waals surface area contributed by atoms with E-state index in [1.807, 2.05) is 44.2 Å². The number of carboxylic acids is 1. The van der Waals surface area contributed by atoms with Crippen molar-refractivity contribution >= 4 is 28.8 Å². The van der Waals surface area contributed by atoms with Gasteiger partial charge in [-0.2, -0.15) is 0 Å². The van der Waals surface area contributed by atoms with E-state index in [-0.39, 0.29) is 22.6 Å². The van der Waals surface area contributed by atoms with Crippen LogP contribution in [0, 0.1) is 11.8 Å². The minimum absolute atomic E-state index is 0.00599. The van der Waals surface area contributed by atoms with Crippen LogP contribution in [0.2, 0.25) is 0 Å². The van der Waals surface area contributed by atoms with Crippen LogP contribution in [0.3, 0.4) is 0 Å². The number of Topliss-reactive ketones (excluding diaryl/α,β-unsaturated/α-hetero) is 1. The fourth-order valence-corrected chi connectivity index (χ4v) is 5.19. The highest BCUT2D eigenvalue weighted by molar-refractivity contribution is 7.18. The smallest absolute Gasteiger partial charge is 0.346 e. The molecule has 0 saturated heterocycles. The molecule has 0 spiro atoms. The Kier molecular flexibility index (Phi) is 6.55. The Morgan fingerprint density at radius 2 is 1.79 bits per heavy atom. The average molecular weight is 400 g/mol. The highest BCUT2D eigenvalue weighted by Gasteiger charge is 2.34. The summed E-state index contributed by atoms with van der Waals surface area (Å²) >= 11 is 1.20. The van der Waals surface area contributed by atoms with Gasteiger partial charge in [0.25, 0.3) is 0 Å². The second-order valence-electron chi connectivity index (χ2n) is 7.97. The van der Waals surface area contributed by atoms with E-state index in [9.17, 15) is 14.7 Å². The molecule has 1 saturated carbocycles. The van der Waals surface area contributed by atoms with E-state index >= 15 is 0 Å². The summed E-state index contributed by atoms with van der Waals surface area (Å²) in [4.78, 5) is 26.5. The van der Waals surface area contributed by atoms with Crippen LogP contribution < -0.4 is 5.32 Å². The lowest BCUT2D eigenvalue weighted by Gasteiger charge is -2.27. The second kappa shape index (κ2) is 8.91. The molecule has 0 radical (unpaired) electrons. The SMILES string of the molecule is CCC1CCC(C(=O)c2c(C(=O)O)sc(-c3ccccc3)c2NC(C)C)CC1. The van der Waals surface area contributed by atoms with E-state index in [2.05, 4.69) is 12.2 Å². The van der Waals surface area contributed by atoms with Crippen LogP contribution in [-0.4, -0.2) is 22.9 Å². The molecule has 0 amide bonds. The predicted molar refractivity (Wildman–Crippen MR) is 116 cm³/mol. The van der Waals surface area contributed by atoms with Gasteiger partial charge in [0.15, 0.2) is 5.78 Å². The van der Waals surface area contributed by atoms with Crippen molar-refractivity contribution in [2.45, 2.75) is 58.9 Å². The van der Waals surface area contributed by atoms with E-state index in [1.165, 1.54) is 11.3 Å². The third kappa shape index (κ3) is 4.30. The molecule has 1 aromatic heterocycles. The van der Waals surface area contributed by atoms with E-state index in [0.717, 1.165) is 42.5 Å². The van der Waals surface area contributed by atoms with Crippen LogP contribution in [0.5, 0.6) is 0 Å². The van der Waals surface area contributed by atoms with Gasteiger partial charge in [-0.25, -0.2) is 4.79 Å². The maximum absolute atomic E-state index is 13.5. The summed E-state index contributed by atoms with van der Waals surface area (Å²) < 4.78 is 0. The van der Waals surface area contributed by atoms with Gasteiger partial charge in [0, 0.05) is 12.0 Å². The Morgan fingerprint density at radius 1 is 1.14 bits per heavy atom. The maximum atomic E-state index is 13.5.